The average molecular weight is 736 g/mol. The molecule has 3 aliphatic heterocycles. The molecule has 3 heterocycles. The highest BCUT2D eigenvalue weighted by atomic mass is 32.2. The highest BCUT2D eigenvalue weighted by Gasteiger charge is 2.37. The fourth-order valence-electron chi connectivity index (χ4n) is 6.08. The van der Waals surface area contributed by atoms with Crippen LogP contribution in [0, 0.1) is 5.41 Å². The summed E-state index contributed by atoms with van der Waals surface area (Å²) in [7, 11) is -4.51. The minimum atomic E-state index is -4.51. The van der Waals surface area contributed by atoms with E-state index in [4.69, 9.17) is 9.57 Å². The zero-order chi connectivity index (χ0) is 39.0. The third-order valence-electron chi connectivity index (χ3n) is 8.92. The Balaban J connectivity index is 0.000000288. The number of fused-ring (bicyclic) bond motifs is 2. The van der Waals surface area contributed by atoms with Crippen molar-refractivity contribution in [3.8, 4) is 5.75 Å². The van der Waals surface area contributed by atoms with Gasteiger partial charge in [-0.1, -0.05) is 27.4 Å². The summed E-state index contributed by atoms with van der Waals surface area (Å²) in [6.07, 6.45) is 6.33. The molecule has 12 heteroatoms. The van der Waals surface area contributed by atoms with Gasteiger partial charge in [-0.25, -0.2) is 17.8 Å². The Bertz CT molecular complexity index is 1830. The summed E-state index contributed by atoms with van der Waals surface area (Å²) >= 11 is 0. The first-order valence-electron chi connectivity index (χ1n) is 17.6. The Morgan fingerprint density at radius 3 is 2.23 bits per heavy atom. The normalized spacial score (nSPS) is 15.9. The van der Waals surface area contributed by atoms with Crippen molar-refractivity contribution in [3.63, 3.8) is 0 Å². The van der Waals surface area contributed by atoms with Gasteiger partial charge in [0.15, 0.2) is 6.21 Å². The molecule has 5 rings (SSSR count). The van der Waals surface area contributed by atoms with Crippen molar-refractivity contribution in [2.45, 2.75) is 97.3 Å². The first kappa shape index (κ1) is 41.9. The van der Waals surface area contributed by atoms with E-state index >= 15 is 0 Å². The van der Waals surface area contributed by atoms with Crippen molar-refractivity contribution in [1.82, 2.24) is 5.06 Å². The maximum atomic E-state index is 11.8. The second kappa shape index (κ2) is 17.3. The van der Waals surface area contributed by atoms with Crippen molar-refractivity contribution in [2.24, 2.45) is 5.41 Å². The van der Waals surface area contributed by atoms with Gasteiger partial charge in [0, 0.05) is 73.1 Å². The summed E-state index contributed by atoms with van der Waals surface area (Å²) in [6, 6.07) is 10.8. The van der Waals surface area contributed by atoms with Crippen molar-refractivity contribution >= 4 is 51.1 Å². The van der Waals surface area contributed by atoms with Crippen molar-refractivity contribution < 1.29 is 41.5 Å². The molecule has 2 aromatic carbocycles. The first-order chi connectivity index (χ1) is 24.3. The zero-order valence-electron chi connectivity index (χ0n) is 31.6. The number of hydroxylamine groups is 2. The van der Waals surface area contributed by atoms with Crippen LogP contribution in [0.25, 0.3) is 5.57 Å². The van der Waals surface area contributed by atoms with Crippen LogP contribution in [0.1, 0.15) is 98.1 Å². The molecule has 0 radical (unpaired) electrons. The van der Waals surface area contributed by atoms with E-state index in [1.54, 1.807) is 6.07 Å². The number of ether oxygens (including phenoxy) is 1. The standard InChI is InChI=1S/C20H24N2O7S.C18H25NO.C2H4/c1-20(2)13-21(16-8-7-14(12-15(16)20)30(26,27)28)11-5-3-4-6-19(25)29-22-17(23)9-10-18(22)24;1-7-19(8-2)14-9-10-15-13(3)11-17(18(4,5)6)20-16(15)12-14;1-2/h7-8,12-13H,3-6,9-11H2,1-2H3;9-12H,3,7-8H2,1-2,4-6H3;1-2H2. The second-order valence-electron chi connectivity index (χ2n) is 14.3. The lowest BCUT2D eigenvalue weighted by Gasteiger charge is -2.29. The van der Waals surface area contributed by atoms with Gasteiger partial charge in [0.25, 0.3) is 11.8 Å². The molecule has 0 aliphatic carbocycles. The van der Waals surface area contributed by atoms with Gasteiger partial charge in [-0.3, -0.25) is 9.59 Å². The van der Waals surface area contributed by atoms with Gasteiger partial charge in [-0.15, -0.1) is 18.2 Å². The molecule has 0 spiro atoms. The molecular formula is C40H53N3O8S. The van der Waals surface area contributed by atoms with Gasteiger partial charge in [0.05, 0.1) is 10.3 Å². The van der Waals surface area contributed by atoms with E-state index in [0.717, 1.165) is 59.8 Å². The predicted octanol–water partition coefficient (Wildman–Crippen LogP) is 7.43. The number of carbonyl (C=O) groups is 3. The fourth-order valence-corrected chi connectivity index (χ4v) is 6.58. The van der Waals surface area contributed by atoms with E-state index in [1.807, 2.05) is 24.6 Å². The summed E-state index contributed by atoms with van der Waals surface area (Å²) in [5.41, 5.74) is 4.55. The van der Waals surface area contributed by atoms with Crippen LogP contribution in [0.2, 0.25) is 0 Å². The van der Waals surface area contributed by atoms with Crippen LogP contribution in [0.4, 0.5) is 11.4 Å². The SMILES string of the molecule is C=C.C=C1C=C(C(C)(C)C)Oc2cc(N(CC)CC)ccc21.CC1(C)C=[N+](CCCCCC(=O)ON2C(=O)CCC2=O)c2ccc(S(=O)(=O)[O-])cc21. The predicted molar refractivity (Wildman–Crippen MR) is 202 cm³/mol. The number of imide groups is 1. The van der Waals surface area contributed by atoms with Gasteiger partial charge < -0.3 is 19.0 Å². The molecule has 282 valence electrons. The van der Waals surface area contributed by atoms with E-state index in [9.17, 15) is 27.4 Å². The lowest BCUT2D eigenvalue weighted by Crippen LogP contribution is -2.31. The largest absolute Gasteiger partial charge is 0.744 e. The minimum absolute atomic E-state index is 0.00810. The fraction of sp³-hybridized carbons (Fsp3) is 0.450. The summed E-state index contributed by atoms with van der Waals surface area (Å²) in [6.45, 7) is 27.5. The lowest BCUT2D eigenvalue weighted by molar-refractivity contribution is -0.434. The number of benzene rings is 2. The summed E-state index contributed by atoms with van der Waals surface area (Å²) < 4.78 is 42.1. The molecule has 52 heavy (non-hydrogen) atoms. The Hall–Kier alpha value is -4.55. The average Bonchev–Trinajstić information content (AvgIpc) is 3.54. The van der Waals surface area contributed by atoms with Gasteiger partial charge >= 0.3 is 5.97 Å². The number of hydrogen-bond acceptors (Lipinski definition) is 9. The maximum absolute atomic E-state index is 11.8. The molecule has 0 atom stereocenters. The van der Waals surface area contributed by atoms with Crippen LogP contribution in [0.3, 0.4) is 0 Å². The number of amides is 2. The minimum Gasteiger partial charge on any atom is -0.744 e. The summed E-state index contributed by atoms with van der Waals surface area (Å²) in [5.74, 6) is 0.307. The van der Waals surface area contributed by atoms with Crippen LogP contribution in [-0.4, -0.2) is 66.2 Å². The van der Waals surface area contributed by atoms with Crippen LogP contribution >= 0.6 is 0 Å². The van der Waals surface area contributed by atoms with Gasteiger partial charge in [-0.2, -0.15) is 0 Å². The molecule has 0 unspecified atom stereocenters. The molecule has 0 aromatic heterocycles. The van der Waals surface area contributed by atoms with Crippen LogP contribution < -0.4 is 9.64 Å². The highest BCUT2D eigenvalue weighted by molar-refractivity contribution is 7.85. The molecule has 2 aromatic rings. The third-order valence-corrected chi connectivity index (χ3v) is 9.75. The van der Waals surface area contributed by atoms with Crippen molar-refractivity contribution in [1.29, 1.82) is 0 Å². The number of anilines is 1. The topological polar surface area (TPSA) is 136 Å². The smallest absolute Gasteiger partial charge is 0.333 e. The zero-order valence-corrected chi connectivity index (χ0v) is 32.4. The Kier molecular flexibility index (Phi) is 13.9. The van der Waals surface area contributed by atoms with E-state index in [0.29, 0.717) is 18.0 Å². The molecule has 0 bridgehead atoms. The number of unbranched alkanes of at least 4 members (excludes halogenated alkanes) is 2. The van der Waals surface area contributed by atoms with Crippen molar-refractivity contribution in [2.75, 3.05) is 24.5 Å². The highest BCUT2D eigenvalue weighted by Crippen LogP contribution is 2.41. The Morgan fingerprint density at radius 1 is 1.02 bits per heavy atom. The van der Waals surface area contributed by atoms with Gasteiger partial charge in [-0.05, 0) is 76.5 Å². The molecule has 1 fully saturated rings. The first-order valence-corrected chi connectivity index (χ1v) is 19.0. The molecule has 1 saturated heterocycles. The number of nitrogens with zero attached hydrogens (tertiary/aromatic N) is 3. The summed E-state index contributed by atoms with van der Waals surface area (Å²) in [4.78, 5) is 41.6. The molecule has 0 saturated carbocycles. The quantitative estimate of drug-likeness (QED) is 0.0759. The van der Waals surface area contributed by atoms with Crippen molar-refractivity contribution in [3.05, 3.63) is 79.1 Å². The number of rotatable bonds is 11. The monoisotopic (exact) mass is 735 g/mol. The number of allylic oxidation sites excluding steroid dienone is 3. The third kappa shape index (κ3) is 10.3. The molecular weight excluding hydrogens is 683 g/mol. The molecule has 11 nitrogen and oxygen atoms in total. The Morgan fingerprint density at radius 2 is 1.65 bits per heavy atom. The van der Waals surface area contributed by atoms with E-state index in [-0.39, 0.29) is 29.6 Å². The number of carbonyl (C=O) groups excluding carboxylic acids is 3. The lowest BCUT2D eigenvalue weighted by atomic mass is 9.87. The second-order valence-corrected chi connectivity index (χ2v) is 15.7. The van der Waals surface area contributed by atoms with E-state index in [1.165, 1.54) is 17.8 Å². The van der Waals surface area contributed by atoms with Crippen LogP contribution in [0.15, 0.2) is 72.9 Å². The van der Waals surface area contributed by atoms with Crippen LogP contribution in [0.5, 0.6) is 5.75 Å². The molecule has 2 amide bonds. The van der Waals surface area contributed by atoms with Gasteiger partial charge in [0.1, 0.15) is 28.2 Å². The van der Waals surface area contributed by atoms with E-state index in [2.05, 4.69) is 83.5 Å². The van der Waals surface area contributed by atoms with E-state index < -0.39 is 33.3 Å². The summed E-state index contributed by atoms with van der Waals surface area (Å²) in [5, 5.41) is 0.552. The van der Waals surface area contributed by atoms with Gasteiger partial charge in [0.2, 0.25) is 5.69 Å². The molecule has 0 N–H and O–H groups in total. The maximum Gasteiger partial charge on any atom is 0.333 e. The Labute approximate surface area is 309 Å². The van der Waals surface area contributed by atoms with Crippen LogP contribution in [-0.2, 0) is 34.8 Å². The molecule has 3 aliphatic rings. The number of hydrogen-bond donors (Lipinski definition) is 0.